The maximum atomic E-state index is 12.2. The van der Waals surface area contributed by atoms with Crippen LogP contribution in [0.5, 0.6) is 0 Å². The van der Waals surface area contributed by atoms with Gasteiger partial charge in [0.1, 0.15) is 0 Å². The molecule has 2 amide bonds. The molecule has 1 aromatic rings. The smallest absolute Gasteiger partial charge is 0.243 e. The van der Waals surface area contributed by atoms with Gasteiger partial charge in [0.05, 0.1) is 5.25 Å². The molecular formula is C14H18N2O2S. The number of imide groups is 1. The van der Waals surface area contributed by atoms with Crippen LogP contribution in [0, 0.1) is 6.92 Å². The number of aryl methyl sites for hydroxylation is 1. The summed E-state index contributed by atoms with van der Waals surface area (Å²) >= 11 is 1.43. The highest BCUT2D eigenvalue weighted by atomic mass is 32.2. The van der Waals surface area contributed by atoms with Crippen LogP contribution in [0.15, 0.2) is 23.1 Å². The number of carbonyl (C=O) groups is 2. The third-order valence-electron chi connectivity index (χ3n) is 3.14. The summed E-state index contributed by atoms with van der Waals surface area (Å²) in [5.41, 5.74) is 7.51. The Hall–Kier alpha value is -1.49. The number of rotatable bonds is 3. The van der Waals surface area contributed by atoms with E-state index in [9.17, 15) is 9.59 Å². The van der Waals surface area contributed by atoms with E-state index in [-0.39, 0.29) is 29.5 Å². The van der Waals surface area contributed by atoms with Crippen LogP contribution < -0.4 is 5.73 Å². The Bertz CT molecular complexity index is 528. The Morgan fingerprint density at radius 2 is 2.05 bits per heavy atom. The van der Waals surface area contributed by atoms with Crippen molar-refractivity contribution < 1.29 is 9.59 Å². The Balaban J connectivity index is 2.19. The highest BCUT2D eigenvalue weighted by Crippen LogP contribution is 2.34. The molecule has 5 heteroatoms. The van der Waals surface area contributed by atoms with Crippen LogP contribution in [0.4, 0.5) is 5.69 Å². The zero-order valence-electron chi connectivity index (χ0n) is 11.3. The maximum Gasteiger partial charge on any atom is 0.243 e. The van der Waals surface area contributed by atoms with E-state index >= 15 is 0 Å². The normalized spacial score (nSPS) is 19.6. The molecule has 102 valence electrons. The first kappa shape index (κ1) is 13.9. The Morgan fingerprint density at radius 1 is 1.37 bits per heavy atom. The van der Waals surface area contributed by atoms with E-state index in [0.29, 0.717) is 5.69 Å². The van der Waals surface area contributed by atoms with E-state index in [0.717, 1.165) is 10.5 Å². The largest absolute Gasteiger partial charge is 0.399 e. The van der Waals surface area contributed by atoms with Crippen LogP contribution in [0.2, 0.25) is 0 Å². The van der Waals surface area contributed by atoms with Gasteiger partial charge < -0.3 is 5.73 Å². The highest BCUT2D eigenvalue weighted by molar-refractivity contribution is 8.00. The maximum absolute atomic E-state index is 12.2. The van der Waals surface area contributed by atoms with Crippen LogP contribution in [0.1, 0.15) is 25.8 Å². The van der Waals surface area contributed by atoms with E-state index in [2.05, 4.69) is 0 Å². The molecule has 1 aliphatic rings. The Kier molecular flexibility index (Phi) is 3.85. The fourth-order valence-electron chi connectivity index (χ4n) is 2.15. The van der Waals surface area contributed by atoms with Crippen molar-refractivity contribution in [2.24, 2.45) is 0 Å². The molecule has 0 radical (unpaired) electrons. The summed E-state index contributed by atoms with van der Waals surface area (Å²) in [6.45, 7) is 5.69. The predicted octanol–water partition coefficient (Wildman–Crippen LogP) is 2.21. The molecule has 1 saturated heterocycles. The summed E-state index contributed by atoms with van der Waals surface area (Å²) < 4.78 is 0. The lowest BCUT2D eigenvalue weighted by molar-refractivity contribution is -0.140. The molecule has 4 nitrogen and oxygen atoms in total. The van der Waals surface area contributed by atoms with Crippen LogP contribution in [-0.2, 0) is 9.59 Å². The fourth-order valence-corrected chi connectivity index (χ4v) is 3.36. The molecule has 1 aliphatic heterocycles. The number of hydrogen-bond donors (Lipinski definition) is 1. The third kappa shape index (κ3) is 2.76. The van der Waals surface area contributed by atoms with Crippen molar-refractivity contribution in [3.05, 3.63) is 23.8 Å². The Labute approximate surface area is 117 Å². The molecular weight excluding hydrogens is 260 g/mol. The summed E-state index contributed by atoms with van der Waals surface area (Å²) in [6, 6.07) is 5.55. The summed E-state index contributed by atoms with van der Waals surface area (Å²) in [5, 5.41) is -0.324. The van der Waals surface area contributed by atoms with Crippen molar-refractivity contribution in [2.75, 3.05) is 5.73 Å². The topological polar surface area (TPSA) is 63.4 Å². The van der Waals surface area contributed by atoms with Gasteiger partial charge >= 0.3 is 0 Å². The van der Waals surface area contributed by atoms with Gasteiger partial charge in [-0.05, 0) is 38.5 Å². The van der Waals surface area contributed by atoms with E-state index in [4.69, 9.17) is 5.73 Å². The average molecular weight is 278 g/mol. The highest BCUT2D eigenvalue weighted by Gasteiger charge is 2.40. The van der Waals surface area contributed by atoms with E-state index < -0.39 is 0 Å². The van der Waals surface area contributed by atoms with Crippen molar-refractivity contribution in [2.45, 2.75) is 43.4 Å². The van der Waals surface area contributed by atoms with Gasteiger partial charge in [0, 0.05) is 23.0 Å². The van der Waals surface area contributed by atoms with Gasteiger partial charge in [0.15, 0.2) is 0 Å². The van der Waals surface area contributed by atoms with Gasteiger partial charge in [0.2, 0.25) is 11.8 Å². The molecule has 1 aromatic carbocycles. The summed E-state index contributed by atoms with van der Waals surface area (Å²) in [6.07, 6.45) is 0.274. The first-order valence-corrected chi connectivity index (χ1v) is 7.17. The van der Waals surface area contributed by atoms with E-state index in [1.165, 1.54) is 16.7 Å². The molecule has 2 rings (SSSR count). The second kappa shape index (κ2) is 5.25. The zero-order valence-corrected chi connectivity index (χ0v) is 12.2. The van der Waals surface area contributed by atoms with Crippen molar-refractivity contribution in [3.63, 3.8) is 0 Å². The molecule has 1 atom stereocenters. The zero-order chi connectivity index (χ0) is 14.2. The third-order valence-corrected chi connectivity index (χ3v) is 4.49. The number of nitrogen functional groups attached to an aromatic ring is 1. The van der Waals surface area contributed by atoms with Gasteiger partial charge in [-0.2, -0.15) is 0 Å². The van der Waals surface area contributed by atoms with Gasteiger partial charge in [-0.25, -0.2) is 0 Å². The van der Waals surface area contributed by atoms with Crippen LogP contribution in [0.25, 0.3) is 0 Å². The van der Waals surface area contributed by atoms with Gasteiger partial charge in [0.25, 0.3) is 0 Å². The first-order valence-electron chi connectivity index (χ1n) is 6.29. The van der Waals surface area contributed by atoms with Crippen molar-refractivity contribution >= 4 is 29.3 Å². The molecule has 2 N–H and O–H groups in total. The monoisotopic (exact) mass is 278 g/mol. The molecule has 1 fully saturated rings. The number of carbonyl (C=O) groups excluding carboxylic acids is 2. The number of anilines is 1. The molecule has 0 bridgehead atoms. The van der Waals surface area contributed by atoms with Gasteiger partial charge in [-0.1, -0.05) is 6.07 Å². The summed E-state index contributed by atoms with van der Waals surface area (Å²) in [4.78, 5) is 26.4. The number of hydrogen-bond acceptors (Lipinski definition) is 4. The lowest BCUT2D eigenvalue weighted by Crippen LogP contribution is -2.37. The van der Waals surface area contributed by atoms with E-state index in [1.54, 1.807) is 0 Å². The molecule has 19 heavy (non-hydrogen) atoms. The number of amides is 2. The number of nitrogens with zero attached hydrogens (tertiary/aromatic N) is 1. The lowest BCUT2D eigenvalue weighted by Gasteiger charge is -2.19. The molecule has 1 heterocycles. The van der Waals surface area contributed by atoms with Crippen LogP contribution in [-0.4, -0.2) is 28.0 Å². The standard InChI is InChI=1S/C14H18N2O2S/c1-8(2)16-13(17)7-12(14(16)18)19-11-6-10(15)5-4-9(11)3/h4-6,8,12H,7,15H2,1-3H3. The Morgan fingerprint density at radius 3 is 2.63 bits per heavy atom. The van der Waals surface area contributed by atoms with Gasteiger partial charge in [-0.15, -0.1) is 11.8 Å². The molecule has 1 unspecified atom stereocenters. The number of thioether (sulfide) groups is 1. The second-order valence-corrected chi connectivity index (χ2v) is 6.28. The summed E-state index contributed by atoms with van der Waals surface area (Å²) in [7, 11) is 0. The molecule has 0 aliphatic carbocycles. The van der Waals surface area contributed by atoms with Crippen molar-refractivity contribution in [1.29, 1.82) is 0 Å². The first-order chi connectivity index (χ1) is 8.90. The SMILES string of the molecule is Cc1ccc(N)cc1SC1CC(=O)N(C(C)C)C1=O. The minimum Gasteiger partial charge on any atom is -0.399 e. The van der Waals surface area contributed by atoms with Gasteiger partial charge in [-0.3, -0.25) is 14.5 Å². The fraction of sp³-hybridized carbons (Fsp3) is 0.429. The molecule has 0 saturated carbocycles. The second-order valence-electron chi connectivity index (χ2n) is 5.03. The van der Waals surface area contributed by atoms with Crippen molar-refractivity contribution in [1.82, 2.24) is 4.90 Å². The quantitative estimate of drug-likeness (QED) is 0.680. The number of nitrogens with two attached hydrogens (primary N) is 1. The molecule has 0 spiro atoms. The molecule has 0 aromatic heterocycles. The van der Waals surface area contributed by atoms with Crippen molar-refractivity contribution in [3.8, 4) is 0 Å². The predicted molar refractivity (Wildman–Crippen MR) is 76.8 cm³/mol. The lowest BCUT2D eigenvalue weighted by atomic mass is 10.2. The number of benzene rings is 1. The minimum absolute atomic E-state index is 0.0764. The van der Waals surface area contributed by atoms with Crippen LogP contribution >= 0.6 is 11.8 Å². The average Bonchev–Trinajstić information content (AvgIpc) is 2.59. The number of likely N-dealkylation sites (tertiary alicyclic amines) is 1. The van der Waals surface area contributed by atoms with E-state index in [1.807, 2.05) is 39.0 Å². The van der Waals surface area contributed by atoms with Crippen LogP contribution in [0.3, 0.4) is 0 Å². The summed E-state index contributed by atoms with van der Waals surface area (Å²) in [5.74, 6) is -0.175. The minimum atomic E-state index is -0.324.